The number of halogens is 1. The van der Waals surface area contributed by atoms with Gasteiger partial charge in [0.15, 0.2) is 5.69 Å². The second-order valence-electron chi connectivity index (χ2n) is 9.88. The summed E-state index contributed by atoms with van der Waals surface area (Å²) in [5, 5.41) is 11.1. The molecule has 0 aliphatic carbocycles. The Kier molecular flexibility index (Phi) is 7.92. The van der Waals surface area contributed by atoms with E-state index >= 15 is 0 Å². The van der Waals surface area contributed by atoms with Crippen LogP contribution in [0, 0.1) is 6.92 Å². The van der Waals surface area contributed by atoms with E-state index in [0.29, 0.717) is 6.61 Å². The Hall–Kier alpha value is -5.01. The number of hydrazone groups is 1. The minimum absolute atomic E-state index is 0.272. The van der Waals surface area contributed by atoms with Gasteiger partial charge in [-0.3, -0.25) is 4.79 Å². The lowest BCUT2D eigenvalue weighted by Crippen LogP contribution is -2.18. The molecule has 5 aromatic carbocycles. The van der Waals surface area contributed by atoms with Crippen LogP contribution < -0.4 is 10.2 Å². The van der Waals surface area contributed by atoms with E-state index in [1.54, 1.807) is 6.21 Å². The molecule has 0 atom stereocenters. The molecule has 1 N–H and O–H groups in total. The number of nitrogens with one attached hydrogen (secondary N) is 1. The van der Waals surface area contributed by atoms with E-state index in [2.05, 4.69) is 50.7 Å². The van der Waals surface area contributed by atoms with Crippen LogP contribution in [0.4, 0.5) is 0 Å². The van der Waals surface area contributed by atoms with Crippen LogP contribution >= 0.6 is 15.9 Å². The highest BCUT2D eigenvalue weighted by molar-refractivity contribution is 9.10. The summed E-state index contributed by atoms with van der Waals surface area (Å²) >= 11 is 3.44. The van der Waals surface area contributed by atoms with Crippen molar-refractivity contribution < 1.29 is 9.53 Å². The van der Waals surface area contributed by atoms with Crippen molar-refractivity contribution in [2.75, 3.05) is 0 Å². The number of rotatable bonds is 8. The highest BCUT2D eigenvalue weighted by Gasteiger charge is 2.18. The average Bonchev–Trinajstić information content (AvgIpc) is 3.47. The van der Waals surface area contributed by atoms with Crippen molar-refractivity contribution in [3.05, 3.63) is 148 Å². The zero-order chi connectivity index (χ0) is 28.9. The monoisotopic (exact) mass is 614 g/mol. The third-order valence-electron chi connectivity index (χ3n) is 6.83. The Labute approximate surface area is 252 Å². The first-order valence-corrected chi connectivity index (χ1v) is 14.3. The fourth-order valence-electron chi connectivity index (χ4n) is 4.71. The Morgan fingerprint density at radius 2 is 1.67 bits per heavy atom. The van der Waals surface area contributed by atoms with E-state index in [9.17, 15) is 4.79 Å². The number of ether oxygens (including phenoxy) is 1. The van der Waals surface area contributed by atoms with E-state index in [4.69, 9.17) is 9.84 Å². The summed E-state index contributed by atoms with van der Waals surface area (Å²) in [7, 11) is 0. The molecule has 0 fully saturated rings. The summed E-state index contributed by atoms with van der Waals surface area (Å²) in [5.74, 6) is 0.357. The van der Waals surface area contributed by atoms with Gasteiger partial charge in [-0.2, -0.15) is 10.2 Å². The van der Waals surface area contributed by atoms with Crippen molar-refractivity contribution in [3.63, 3.8) is 0 Å². The number of hydrogen-bond acceptors (Lipinski definition) is 4. The van der Waals surface area contributed by atoms with E-state index in [-0.39, 0.29) is 5.69 Å². The van der Waals surface area contributed by atoms with Gasteiger partial charge in [-0.05, 0) is 89.0 Å². The van der Waals surface area contributed by atoms with Crippen LogP contribution in [0.25, 0.3) is 27.7 Å². The second-order valence-corrected chi connectivity index (χ2v) is 10.8. The molecule has 0 saturated carbocycles. The SMILES string of the molecule is Cc1cccc(-n2nc(C(=O)N/N=C\c3ccc(OCc4ccc(Br)cc4)cc3)cc2-c2cccc3ccccc23)c1. The van der Waals surface area contributed by atoms with Crippen LogP contribution in [0.1, 0.15) is 27.2 Å². The van der Waals surface area contributed by atoms with E-state index in [1.807, 2.05) is 109 Å². The summed E-state index contributed by atoms with van der Waals surface area (Å²) in [6, 6.07) is 39.8. The second kappa shape index (κ2) is 12.2. The van der Waals surface area contributed by atoms with Crippen LogP contribution in [-0.2, 0) is 6.61 Å². The Morgan fingerprint density at radius 1 is 0.905 bits per heavy atom. The van der Waals surface area contributed by atoms with E-state index < -0.39 is 5.91 Å². The summed E-state index contributed by atoms with van der Waals surface area (Å²) in [6.45, 7) is 2.51. The van der Waals surface area contributed by atoms with E-state index in [0.717, 1.165) is 54.6 Å². The van der Waals surface area contributed by atoms with Crippen molar-refractivity contribution in [1.82, 2.24) is 15.2 Å². The maximum absolute atomic E-state index is 13.2. The minimum atomic E-state index is -0.395. The molecule has 7 heteroatoms. The lowest BCUT2D eigenvalue weighted by Gasteiger charge is -2.10. The smallest absolute Gasteiger partial charge is 0.291 e. The molecule has 1 amide bonds. The Balaban J connectivity index is 1.20. The molecule has 0 unspecified atom stereocenters. The summed E-state index contributed by atoms with van der Waals surface area (Å²) < 4.78 is 8.72. The van der Waals surface area contributed by atoms with Crippen LogP contribution in [0.5, 0.6) is 5.75 Å². The van der Waals surface area contributed by atoms with Crippen molar-refractivity contribution >= 4 is 38.8 Å². The highest BCUT2D eigenvalue weighted by atomic mass is 79.9. The summed E-state index contributed by atoms with van der Waals surface area (Å²) in [5.41, 5.74) is 8.61. The lowest BCUT2D eigenvalue weighted by atomic mass is 10.0. The van der Waals surface area contributed by atoms with Gasteiger partial charge in [-0.1, -0.05) is 82.7 Å². The highest BCUT2D eigenvalue weighted by Crippen LogP contribution is 2.31. The van der Waals surface area contributed by atoms with Gasteiger partial charge in [0.1, 0.15) is 12.4 Å². The van der Waals surface area contributed by atoms with Gasteiger partial charge in [-0.25, -0.2) is 10.1 Å². The molecule has 42 heavy (non-hydrogen) atoms. The predicted octanol–water partition coefficient (Wildman–Crippen LogP) is 8.11. The van der Waals surface area contributed by atoms with Gasteiger partial charge < -0.3 is 4.74 Å². The molecule has 6 rings (SSSR count). The average molecular weight is 616 g/mol. The molecule has 1 aromatic heterocycles. The first-order valence-electron chi connectivity index (χ1n) is 13.5. The molecule has 0 aliphatic rings. The van der Waals surface area contributed by atoms with Gasteiger partial charge in [0.2, 0.25) is 0 Å². The number of carbonyl (C=O) groups is 1. The minimum Gasteiger partial charge on any atom is -0.489 e. The molecule has 0 aliphatic heterocycles. The Morgan fingerprint density at radius 3 is 2.48 bits per heavy atom. The van der Waals surface area contributed by atoms with Gasteiger partial charge >= 0.3 is 0 Å². The maximum atomic E-state index is 13.2. The molecule has 0 bridgehead atoms. The number of benzene rings is 5. The number of hydrogen-bond donors (Lipinski definition) is 1. The van der Waals surface area contributed by atoms with Crippen LogP contribution in [0.2, 0.25) is 0 Å². The molecule has 6 nitrogen and oxygen atoms in total. The molecule has 6 aromatic rings. The van der Waals surface area contributed by atoms with Gasteiger partial charge in [0.25, 0.3) is 5.91 Å². The number of nitrogens with zero attached hydrogens (tertiary/aromatic N) is 3. The largest absolute Gasteiger partial charge is 0.489 e. The predicted molar refractivity (Wildman–Crippen MR) is 171 cm³/mol. The maximum Gasteiger partial charge on any atom is 0.291 e. The normalized spacial score (nSPS) is 11.2. The van der Waals surface area contributed by atoms with Crippen molar-refractivity contribution in [1.29, 1.82) is 0 Å². The molecular weight excluding hydrogens is 588 g/mol. The number of aryl methyl sites for hydroxylation is 1. The number of aromatic nitrogens is 2. The van der Waals surface area contributed by atoms with Crippen molar-refractivity contribution in [3.8, 4) is 22.7 Å². The lowest BCUT2D eigenvalue weighted by molar-refractivity contribution is 0.0949. The summed E-state index contributed by atoms with van der Waals surface area (Å²) in [6.07, 6.45) is 1.60. The first kappa shape index (κ1) is 27.2. The van der Waals surface area contributed by atoms with Gasteiger partial charge in [-0.15, -0.1) is 0 Å². The third-order valence-corrected chi connectivity index (χ3v) is 7.36. The summed E-state index contributed by atoms with van der Waals surface area (Å²) in [4.78, 5) is 13.2. The van der Waals surface area contributed by atoms with Gasteiger partial charge in [0, 0.05) is 10.0 Å². The quantitative estimate of drug-likeness (QED) is 0.139. The van der Waals surface area contributed by atoms with Crippen LogP contribution in [0.15, 0.2) is 131 Å². The first-order chi connectivity index (χ1) is 20.5. The van der Waals surface area contributed by atoms with Crippen LogP contribution in [0.3, 0.4) is 0 Å². The third kappa shape index (κ3) is 6.16. The topological polar surface area (TPSA) is 68.5 Å². The molecular formula is C35H27BrN4O2. The molecule has 206 valence electrons. The number of fused-ring (bicyclic) bond motifs is 1. The number of carbonyl (C=O) groups excluding carboxylic acids is 1. The zero-order valence-corrected chi connectivity index (χ0v) is 24.5. The van der Waals surface area contributed by atoms with Crippen LogP contribution in [-0.4, -0.2) is 21.9 Å². The van der Waals surface area contributed by atoms with Crippen molar-refractivity contribution in [2.24, 2.45) is 5.10 Å². The van der Waals surface area contributed by atoms with Crippen molar-refractivity contribution in [2.45, 2.75) is 13.5 Å². The number of amides is 1. The van der Waals surface area contributed by atoms with Gasteiger partial charge in [0.05, 0.1) is 17.6 Å². The fourth-order valence-corrected chi connectivity index (χ4v) is 4.97. The fraction of sp³-hybridized carbons (Fsp3) is 0.0571. The Bertz CT molecular complexity index is 1890. The van der Waals surface area contributed by atoms with E-state index in [1.165, 1.54) is 0 Å². The molecule has 0 spiro atoms. The molecule has 0 saturated heterocycles. The zero-order valence-electron chi connectivity index (χ0n) is 22.9. The standard InChI is InChI=1S/C35H27BrN4O2/c1-24-6-4-9-29(20-24)40-34(32-11-5-8-27-7-2-3-10-31(27)32)21-33(39-40)35(41)38-37-22-25-14-18-30(19-15-25)42-23-26-12-16-28(36)17-13-26/h2-22H,23H2,1H3,(H,38,41)/b37-22-. The molecule has 1 heterocycles. The molecule has 0 radical (unpaired) electrons.